The van der Waals surface area contributed by atoms with Gasteiger partial charge in [0.15, 0.2) is 8.13 Å². The molecule has 1 N–H and O–H groups in total. The Morgan fingerprint density at radius 1 is 1.60 bits per heavy atom. The molecule has 0 radical (unpaired) electrons. The average Bonchev–Trinajstić information content (AvgIpc) is 2.46. The van der Waals surface area contributed by atoms with Crippen LogP contribution < -0.4 is 4.72 Å². The summed E-state index contributed by atoms with van der Waals surface area (Å²) in [6, 6.07) is 0. The summed E-state index contributed by atoms with van der Waals surface area (Å²) >= 11 is 4.24. The molecule has 0 fully saturated rings. The van der Waals surface area contributed by atoms with Crippen LogP contribution in [-0.2, 0) is 14.8 Å². The van der Waals surface area contributed by atoms with Crippen molar-refractivity contribution >= 4 is 37.3 Å². The minimum Gasteiger partial charge on any atom is -0.383 e. The largest absolute Gasteiger partial charge is 0.383 e. The van der Waals surface area contributed by atoms with E-state index >= 15 is 0 Å². The number of aryl methyl sites for hydroxylation is 1. The molecule has 1 aromatic heterocycles. The van der Waals surface area contributed by atoms with E-state index in [0.717, 1.165) is 11.3 Å². The van der Waals surface area contributed by atoms with E-state index in [2.05, 4.69) is 25.6 Å². The van der Waals surface area contributed by atoms with Crippen LogP contribution in [0.4, 0.5) is 0 Å². The molecule has 0 spiro atoms. The number of ether oxygens (including phenoxy) is 1. The van der Waals surface area contributed by atoms with E-state index in [9.17, 15) is 8.42 Å². The molecule has 1 aromatic rings. The van der Waals surface area contributed by atoms with E-state index < -0.39 is 10.0 Å². The van der Waals surface area contributed by atoms with Gasteiger partial charge in [-0.1, -0.05) is 11.3 Å². The quantitative estimate of drug-likeness (QED) is 0.827. The van der Waals surface area contributed by atoms with Crippen molar-refractivity contribution in [3.63, 3.8) is 0 Å². The van der Waals surface area contributed by atoms with E-state index in [0.29, 0.717) is 16.2 Å². The summed E-state index contributed by atoms with van der Waals surface area (Å²) < 4.78 is 31.4. The molecule has 0 aliphatic carbocycles. The van der Waals surface area contributed by atoms with Gasteiger partial charge in [-0.15, -0.1) is 0 Å². The minimum absolute atomic E-state index is 0.241. The number of nitrogens with zero attached hydrogens (tertiary/aromatic N) is 1. The highest BCUT2D eigenvalue weighted by Crippen LogP contribution is 2.26. The van der Waals surface area contributed by atoms with Crippen LogP contribution in [0, 0.1) is 6.92 Å². The van der Waals surface area contributed by atoms with Crippen molar-refractivity contribution in [3.05, 3.63) is 9.61 Å². The molecular weight excluding hydrogens is 304 g/mol. The Balaban J connectivity index is 2.82. The standard InChI is InChI=1S/C7H11BrN2O3S2/c1-5-6(14-7(8)10-5)15(11,12)9-3-4-13-2/h9H,3-4H2,1-2H3. The summed E-state index contributed by atoms with van der Waals surface area (Å²) in [6.07, 6.45) is 0. The van der Waals surface area contributed by atoms with Gasteiger partial charge in [-0.25, -0.2) is 18.1 Å². The van der Waals surface area contributed by atoms with E-state index in [1.54, 1.807) is 6.92 Å². The van der Waals surface area contributed by atoms with Crippen molar-refractivity contribution in [2.24, 2.45) is 0 Å². The molecule has 0 saturated heterocycles. The summed E-state index contributed by atoms with van der Waals surface area (Å²) in [5, 5.41) is 0. The maximum absolute atomic E-state index is 11.7. The fraction of sp³-hybridized carbons (Fsp3) is 0.571. The van der Waals surface area contributed by atoms with E-state index in [4.69, 9.17) is 4.74 Å². The summed E-state index contributed by atoms with van der Waals surface area (Å²) in [5.41, 5.74) is 0.497. The number of nitrogens with one attached hydrogen (secondary N) is 1. The zero-order valence-electron chi connectivity index (χ0n) is 8.28. The van der Waals surface area contributed by atoms with Crippen molar-refractivity contribution < 1.29 is 13.2 Å². The zero-order chi connectivity index (χ0) is 11.5. The van der Waals surface area contributed by atoms with Gasteiger partial charge in [0.2, 0.25) is 0 Å². The molecular formula is C7H11BrN2O3S2. The molecule has 0 saturated carbocycles. The SMILES string of the molecule is COCCNS(=O)(=O)c1sc(Br)nc1C. The lowest BCUT2D eigenvalue weighted by molar-refractivity contribution is 0.204. The van der Waals surface area contributed by atoms with Gasteiger partial charge < -0.3 is 4.74 Å². The fourth-order valence-corrected chi connectivity index (χ4v) is 4.32. The number of methoxy groups -OCH3 is 1. The topological polar surface area (TPSA) is 68.3 Å². The third kappa shape index (κ3) is 3.49. The summed E-state index contributed by atoms with van der Waals surface area (Å²) in [5.74, 6) is 0. The van der Waals surface area contributed by atoms with Crippen LogP contribution >= 0.6 is 27.3 Å². The lowest BCUT2D eigenvalue weighted by atomic mass is 10.6. The second-order valence-electron chi connectivity index (χ2n) is 2.73. The number of hydrogen-bond acceptors (Lipinski definition) is 5. The smallest absolute Gasteiger partial charge is 0.252 e. The first-order valence-corrected chi connectivity index (χ1v) is 7.18. The maximum atomic E-state index is 11.7. The molecule has 0 aliphatic heterocycles. The summed E-state index contributed by atoms with van der Waals surface area (Å²) in [7, 11) is -1.93. The van der Waals surface area contributed by atoms with Crippen LogP contribution in [0.5, 0.6) is 0 Å². The van der Waals surface area contributed by atoms with Gasteiger partial charge in [-0.2, -0.15) is 0 Å². The van der Waals surface area contributed by atoms with Crippen LogP contribution in [0.15, 0.2) is 8.13 Å². The Hall–Kier alpha value is -0.0200. The Bertz CT molecular complexity index is 429. The average molecular weight is 315 g/mol. The highest BCUT2D eigenvalue weighted by atomic mass is 79.9. The third-order valence-corrected chi connectivity index (χ3v) is 5.25. The number of rotatable bonds is 5. The van der Waals surface area contributed by atoms with Gasteiger partial charge in [0.1, 0.15) is 0 Å². The maximum Gasteiger partial charge on any atom is 0.252 e. The van der Waals surface area contributed by atoms with Crippen LogP contribution in [0.25, 0.3) is 0 Å². The lowest BCUT2D eigenvalue weighted by Gasteiger charge is -2.03. The first-order valence-electron chi connectivity index (χ1n) is 4.09. The third-order valence-electron chi connectivity index (χ3n) is 1.57. The highest BCUT2D eigenvalue weighted by Gasteiger charge is 2.20. The second kappa shape index (κ2) is 5.35. The molecule has 15 heavy (non-hydrogen) atoms. The molecule has 1 rings (SSSR count). The molecule has 0 aromatic carbocycles. The van der Waals surface area contributed by atoms with Gasteiger partial charge >= 0.3 is 0 Å². The zero-order valence-corrected chi connectivity index (χ0v) is 11.5. The Labute approximate surface area is 101 Å². The summed E-state index contributed by atoms with van der Waals surface area (Å²) in [6.45, 7) is 2.26. The van der Waals surface area contributed by atoms with Crippen LogP contribution in [0.1, 0.15) is 5.69 Å². The van der Waals surface area contributed by atoms with E-state index in [1.807, 2.05) is 0 Å². The molecule has 8 heteroatoms. The fourth-order valence-electron chi connectivity index (χ4n) is 0.944. The number of halogens is 1. The first kappa shape index (κ1) is 13.0. The number of sulfonamides is 1. The van der Waals surface area contributed by atoms with Gasteiger partial charge in [-0.3, -0.25) is 0 Å². The first-order chi connectivity index (χ1) is 6.97. The van der Waals surface area contributed by atoms with Crippen LogP contribution in [0.3, 0.4) is 0 Å². The van der Waals surface area contributed by atoms with Crippen LogP contribution in [-0.4, -0.2) is 33.7 Å². The Morgan fingerprint density at radius 2 is 2.27 bits per heavy atom. The van der Waals surface area contributed by atoms with Crippen LogP contribution in [0.2, 0.25) is 0 Å². The Kier molecular flexibility index (Phi) is 4.65. The van der Waals surface area contributed by atoms with E-state index in [1.165, 1.54) is 7.11 Å². The van der Waals surface area contributed by atoms with Crippen molar-refractivity contribution in [3.8, 4) is 0 Å². The van der Waals surface area contributed by atoms with Gasteiger partial charge in [0.25, 0.3) is 10.0 Å². The molecule has 86 valence electrons. The summed E-state index contributed by atoms with van der Waals surface area (Å²) in [4.78, 5) is 3.99. The predicted octanol–water partition coefficient (Wildman–Crippen LogP) is 1.14. The molecule has 0 atom stereocenters. The number of hydrogen-bond donors (Lipinski definition) is 1. The van der Waals surface area contributed by atoms with Gasteiger partial charge in [0, 0.05) is 13.7 Å². The predicted molar refractivity (Wildman–Crippen MR) is 61.6 cm³/mol. The molecule has 0 unspecified atom stereocenters. The molecule has 0 bridgehead atoms. The molecule has 5 nitrogen and oxygen atoms in total. The monoisotopic (exact) mass is 314 g/mol. The number of thiazole rings is 1. The van der Waals surface area contributed by atoms with Crippen molar-refractivity contribution in [2.45, 2.75) is 11.1 Å². The second-order valence-corrected chi connectivity index (χ2v) is 6.97. The van der Waals surface area contributed by atoms with Gasteiger partial charge in [0.05, 0.1) is 12.3 Å². The number of aromatic nitrogens is 1. The molecule has 0 amide bonds. The molecule has 0 aliphatic rings. The Morgan fingerprint density at radius 3 is 2.73 bits per heavy atom. The lowest BCUT2D eigenvalue weighted by Crippen LogP contribution is -2.27. The van der Waals surface area contributed by atoms with Crippen molar-refractivity contribution in [1.29, 1.82) is 0 Å². The van der Waals surface area contributed by atoms with Crippen molar-refractivity contribution in [1.82, 2.24) is 9.71 Å². The van der Waals surface area contributed by atoms with Crippen molar-refractivity contribution in [2.75, 3.05) is 20.3 Å². The minimum atomic E-state index is -3.45. The normalized spacial score (nSPS) is 11.9. The van der Waals surface area contributed by atoms with E-state index in [-0.39, 0.29) is 10.8 Å². The highest BCUT2D eigenvalue weighted by molar-refractivity contribution is 9.11. The van der Waals surface area contributed by atoms with Gasteiger partial charge in [-0.05, 0) is 22.9 Å². The molecule has 1 heterocycles.